The summed E-state index contributed by atoms with van der Waals surface area (Å²) in [7, 11) is -1.12. The van der Waals surface area contributed by atoms with Crippen molar-refractivity contribution >= 4 is 30.2 Å². The minimum Gasteiger partial charge on any atom is -0.256 e. The van der Waals surface area contributed by atoms with Gasteiger partial charge in [0, 0.05) is 17.1 Å². The summed E-state index contributed by atoms with van der Waals surface area (Å²) in [6.07, 6.45) is 2.89. The van der Waals surface area contributed by atoms with Crippen LogP contribution in [-0.2, 0) is 4.84 Å². The molecule has 1 atom stereocenters. The first kappa shape index (κ1) is 11.2. The molecule has 0 amide bonds. The van der Waals surface area contributed by atoms with Gasteiger partial charge in [-0.2, -0.15) is 10.3 Å². The Bertz CT molecular complexity index is 193. The molecule has 0 aromatic rings. The Morgan fingerprint density at radius 3 is 2.77 bits per heavy atom. The van der Waals surface area contributed by atoms with Crippen LogP contribution >= 0.6 is 15.9 Å². The first-order valence-electron chi connectivity index (χ1n) is 4.57. The van der Waals surface area contributed by atoms with E-state index in [1.54, 1.807) is 5.17 Å². The van der Waals surface area contributed by atoms with E-state index in [0.717, 1.165) is 19.6 Å². The summed E-state index contributed by atoms with van der Waals surface area (Å²) in [5, 5.41) is 5.75. The molecule has 76 valence electrons. The molecule has 1 aliphatic heterocycles. The van der Waals surface area contributed by atoms with Gasteiger partial charge in [-0.05, 0) is 0 Å². The molecule has 0 radical (unpaired) electrons. The summed E-state index contributed by atoms with van der Waals surface area (Å²) in [5.41, 5.74) is 0. The lowest BCUT2D eigenvalue weighted by Crippen LogP contribution is -2.38. The van der Waals surface area contributed by atoms with Gasteiger partial charge in [0.25, 0.3) is 0 Å². The van der Waals surface area contributed by atoms with Gasteiger partial charge in [-0.3, -0.25) is 4.84 Å². The van der Waals surface area contributed by atoms with Crippen LogP contribution in [0.4, 0.5) is 0 Å². The van der Waals surface area contributed by atoms with E-state index in [1.165, 1.54) is 0 Å². The van der Waals surface area contributed by atoms with E-state index in [2.05, 4.69) is 40.7 Å². The third-order valence-corrected chi connectivity index (χ3v) is 8.40. The van der Waals surface area contributed by atoms with Crippen molar-refractivity contribution in [1.29, 1.82) is 0 Å². The molecule has 0 N–H and O–H groups in total. The number of alkyl halides is 1. The van der Waals surface area contributed by atoms with Crippen LogP contribution in [0, 0.1) is 0 Å². The van der Waals surface area contributed by atoms with Gasteiger partial charge in [0.05, 0.1) is 21.2 Å². The third-order valence-electron chi connectivity index (χ3n) is 1.97. The SMILES string of the molecule is C[Si](C)(C)C(Br)CON1CCC=N1. The average Bonchev–Trinajstić information content (AvgIpc) is 2.50. The highest BCUT2D eigenvalue weighted by atomic mass is 79.9. The summed E-state index contributed by atoms with van der Waals surface area (Å²) in [6.45, 7) is 8.59. The normalized spacial score (nSPS) is 19.5. The third kappa shape index (κ3) is 3.78. The smallest absolute Gasteiger partial charge is 0.0867 e. The molecule has 0 spiro atoms. The Hall–Kier alpha value is 0.127. The number of hydroxylamine groups is 1. The summed E-state index contributed by atoms with van der Waals surface area (Å²) in [6, 6.07) is 0. The maximum atomic E-state index is 5.51. The molecule has 1 aliphatic rings. The second kappa shape index (κ2) is 4.57. The number of hydrogen-bond acceptors (Lipinski definition) is 3. The van der Waals surface area contributed by atoms with E-state index >= 15 is 0 Å². The van der Waals surface area contributed by atoms with Crippen LogP contribution in [0.25, 0.3) is 0 Å². The lowest BCUT2D eigenvalue weighted by Gasteiger charge is -2.24. The highest BCUT2D eigenvalue weighted by Gasteiger charge is 2.25. The topological polar surface area (TPSA) is 24.8 Å². The zero-order chi connectivity index (χ0) is 9.90. The van der Waals surface area contributed by atoms with Crippen LogP contribution < -0.4 is 0 Å². The maximum absolute atomic E-state index is 5.51. The van der Waals surface area contributed by atoms with E-state index < -0.39 is 8.07 Å². The van der Waals surface area contributed by atoms with Gasteiger partial charge >= 0.3 is 0 Å². The van der Waals surface area contributed by atoms with Crippen molar-refractivity contribution in [2.24, 2.45) is 5.10 Å². The van der Waals surface area contributed by atoms with Crippen LogP contribution in [0.15, 0.2) is 5.10 Å². The van der Waals surface area contributed by atoms with Crippen molar-refractivity contribution in [1.82, 2.24) is 5.17 Å². The van der Waals surface area contributed by atoms with Gasteiger partial charge < -0.3 is 0 Å². The molecule has 1 unspecified atom stereocenters. The lowest BCUT2D eigenvalue weighted by molar-refractivity contribution is -0.147. The fourth-order valence-electron chi connectivity index (χ4n) is 0.874. The first-order valence-corrected chi connectivity index (χ1v) is 9.06. The van der Waals surface area contributed by atoms with Gasteiger partial charge in [-0.1, -0.05) is 35.6 Å². The lowest BCUT2D eigenvalue weighted by atomic mass is 10.5. The molecule has 0 bridgehead atoms. The van der Waals surface area contributed by atoms with Crippen molar-refractivity contribution < 1.29 is 4.84 Å². The number of hydrogen-bond donors (Lipinski definition) is 0. The summed E-state index contributed by atoms with van der Waals surface area (Å²) >= 11 is 3.66. The fraction of sp³-hybridized carbons (Fsp3) is 0.875. The molecule has 0 fully saturated rings. The number of hydrazone groups is 1. The van der Waals surface area contributed by atoms with Crippen molar-refractivity contribution in [2.75, 3.05) is 13.2 Å². The summed E-state index contributed by atoms with van der Waals surface area (Å²) in [4.78, 5) is 5.51. The van der Waals surface area contributed by atoms with Crippen molar-refractivity contribution in [3.05, 3.63) is 0 Å². The number of nitrogens with zero attached hydrogens (tertiary/aromatic N) is 2. The van der Waals surface area contributed by atoms with Crippen LogP contribution in [0.3, 0.4) is 0 Å². The minimum absolute atomic E-state index is 0.496. The van der Waals surface area contributed by atoms with Gasteiger partial charge in [-0.25, -0.2) is 0 Å². The molecule has 0 aliphatic carbocycles. The monoisotopic (exact) mass is 264 g/mol. The van der Waals surface area contributed by atoms with E-state index in [1.807, 2.05) is 6.21 Å². The Balaban J connectivity index is 2.22. The van der Waals surface area contributed by atoms with Crippen LogP contribution in [0.5, 0.6) is 0 Å². The second-order valence-electron chi connectivity index (χ2n) is 4.29. The van der Waals surface area contributed by atoms with E-state index in [0.29, 0.717) is 4.45 Å². The van der Waals surface area contributed by atoms with Gasteiger partial charge in [0.15, 0.2) is 0 Å². The fourth-order valence-corrected chi connectivity index (χ4v) is 1.57. The molecule has 5 heteroatoms. The predicted molar refractivity (Wildman–Crippen MR) is 61.8 cm³/mol. The first-order chi connectivity index (χ1) is 6.00. The average molecular weight is 265 g/mol. The van der Waals surface area contributed by atoms with Crippen LogP contribution in [0.1, 0.15) is 6.42 Å². The van der Waals surface area contributed by atoms with Gasteiger partial charge in [0.1, 0.15) is 0 Å². The Kier molecular flexibility index (Phi) is 3.94. The second-order valence-corrected chi connectivity index (χ2v) is 11.7. The van der Waals surface area contributed by atoms with E-state index in [9.17, 15) is 0 Å². The molecule has 0 aromatic carbocycles. The number of halogens is 1. The van der Waals surface area contributed by atoms with Crippen LogP contribution in [0.2, 0.25) is 19.6 Å². The van der Waals surface area contributed by atoms with Crippen LogP contribution in [-0.4, -0.2) is 37.1 Å². The highest BCUT2D eigenvalue weighted by molar-refractivity contribution is 9.10. The minimum atomic E-state index is -1.12. The predicted octanol–water partition coefficient (Wildman–Crippen LogP) is 2.25. The molecule has 1 heterocycles. The van der Waals surface area contributed by atoms with Gasteiger partial charge in [0.2, 0.25) is 0 Å². The molecule has 0 saturated carbocycles. The highest BCUT2D eigenvalue weighted by Crippen LogP contribution is 2.17. The molecular formula is C8H17BrN2OSi. The molecule has 13 heavy (non-hydrogen) atoms. The standard InChI is InChI=1S/C8H17BrN2OSi/c1-13(2,3)8(9)7-12-11-6-4-5-10-11/h5,8H,4,6-7H2,1-3H3. The Morgan fingerprint density at radius 2 is 2.31 bits per heavy atom. The Labute approximate surface area is 89.2 Å². The molecule has 3 nitrogen and oxygen atoms in total. The Morgan fingerprint density at radius 1 is 1.62 bits per heavy atom. The zero-order valence-corrected chi connectivity index (χ0v) is 11.0. The van der Waals surface area contributed by atoms with E-state index in [4.69, 9.17) is 4.84 Å². The maximum Gasteiger partial charge on any atom is 0.0867 e. The number of rotatable bonds is 4. The zero-order valence-electron chi connectivity index (χ0n) is 8.46. The van der Waals surface area contributed by atoms with Gasteiger partial charge in [-0.15, -0.1) is 0 Å². The quantitative estimate of drug-likeness (QED) is 0.575. The summed E-state index contributed by atoms with van der Waals surface area (Å²) in [5.74, 6) is 0. The molecule has 0 saturated heterocycles. The van der Waals surface area contributed by atoms with Crippen molar-refractivity contribution in [2.45, 2.75) is 30.5 Å². The largest absolute Gasteiger partial charge is 0.256 e. The van der Waals surface area contributed by atoms with Crippen molar-refractivity contribution in [3.8, 4) is 0 Å². The van der Waals surface area contributed by atoms with E-state index in [-0.39, 0.29) is 0 Å². The molecule has 1 rings (SSSR count). The summed E-state index contributed by atoms with van der Waals surface area (Å²) < 4.78 is 0.496. The molecule has 0 aromatic heterocycles. The molecular weight excluding hydrogens is 248 g/mol. The van der Waals surface area contributed by atoms with Crippen molar-refractivity contribution in [3.63, 3.8) is 0 Å².